The average Bonchev–Trinajstić information content (AvgIpc) is 3.09. The van der Waals surface area contributed by atoms with Crippen molar-refractivity contribution in [2.75, 3.05) is 17.3 Å². The van der Waals surface area contributed by atoms with Crippen LogP contribution in [0.2, 0.25) is 0 Å². The molecule has 3 rings (SSSR count). The van der Waals surface area contributed by atoms with E-state index in [1.807, 2.05) is 49.6 Å². The van der Waals surface area contributed by atoms with E-state index in [1.54, 1.807) is 23.3 Å². The van der Waals surface area contributed by atoms with Gasteiger partial charge in [-0.15, -0.1) is 11.3 Å². The lowest BCUT2D eigenvalue weighted by atomic mass is 9.86. The van der Waals surface area contributed by atoms with Gasteiger partial charge in [0.1, 0.15) is 0 Å². The molecule has 1 aliphatic heterocycles. The first-order chi connectivity index (χ1) is 10.9. The molecule has 4 nitrogen and oxygen atoms in total. The molecule has 1 aromatic carbocycles. The largest absolute Gasteiger partial charge is 0.326 e. The number of thiophene rings is 1. The number of nitrogens with zero attached hydrogens (tertiary/aromatic N) is 1. The maximum Gasteiger partial charge on any atom is 0.236 e. The highest BCUT2D eigenvalue weighted by Crippen LogP contribution is 2.41. The number of likely N-dealkylation sites (N-methyl/N-ethyl adjacent to an activating group) is 1. The first-order valence-corrected chi connectivity index (χ1v) is 8.52. The predicted octanol–water partition coefficient (Wildman–Crippen LogP) is 3.57. The van der Waals surface area contributed by atoms with Crippen molar-refractivity contribution in [3.63, 3.8) is 0 Å². The molecule has 0 bridgehead atoms. The molecule has 0 saturated heterocycles. The van der Waals surface area contributed by atoms with Gasteiger partial charge in [0.25, 0.3) is 0 Å². The number of fused-ring (bicyclic) bond motifs is 1. The standard InChI is InChI=1S/C18H20N2O2S/c1-18(2)14-11-12(6-8-15(14)20(3)17(18)22)19-16(21)9-7-13-5-4-10-23-13/h4-6,8,10-11H,7,9H2,1-3H3,(H,19,21). The lowest BCUT2D eigenvalue weighted by Crippen LogP contribution is -2.33. The van der Waals surface area contributed by atoms with Crippen molar-refractivity contribution in [2.24, 2.45) is 0 Å². The summed E-state index contributed by atoms with van der Waals surface area (Å²) in [5.41, 5.74) is 2.07. The predicted molar refractivity (Wildman–Crippen MR) is 94.1 cm³/mol. The average molecular weight is 328 g/mol. The number of aryl methyl sites for hydroxylation is 1. The molecule has 0 fully saturated rings. The van der Waals surface area contributed by atoms with E-state index in [0.29, 0.717) is 6.42 Å². The van der Waals surface area contributed by atoms with Crippen molar-refractivity contribution >= 4 is 34.5 Å². The third kappa shape index (κ3) is 2.88. The van der Waals surface area contributed by atoms with Gasteiger partial charge in [-0.2, -0.15) is 0 Å². The number of rotatable bonds is 4. The van der Waals surface area contributed by atoms with Crippen LogP contribution in [0.1, 0.15) is 30.7 Å². The monoisotopic (exact) mass is 328 g/mol. The highest BCUT2D eigenvalue weighted by atomic mass is 32.1. The molecule has 2 heterocycles. The normalized spacial score (nSPS) is 15.6. The Morgan fingerprint density at radius 2 is 2.09 bits per heavy atom. The van der Waals surface area contributed by atoms with Crippen molar-refractivity contribution in [1.29, 1.82) is 0 Å². The topological polar surface area (TPSA) is 49.4 Å². The Morgan fingerprint density at radius 3 is 2.78 bits per heavy atom. The SMILES string of the molecule is CN1C(=O)C(C)(C)c2cc(NC(=O)CCc3cccs3)ccc21. The van der Waals surface area contributed by atoms with Crippen molar-refractivity contribution in [2.45, 2.75) is 32.1 Å². The van der Waals surface area contributed by atoms with E-state index < -0.39 is 5.41 Å². The summed E-state index contributed by atoms with van der Waals surface area (Å²) in [6.45, 7) is 3.83. The van der Waals surface area contributed by atoms with Crippen LogP contribution in [-0.4, -0.2) is 18.9 Å². The van der Waals surface area contributed by atoms with Crippen molar-refractivity contribution in [3.8, 4) is 0 Å². The van der Waals surface area contributed by atoms with E-state index >= 15 is 0 Å². The molecular weight excluding hydrogens is 308 g/mol. The second kappa shape index (κ2) is 5.81. The molecule has 2 aromatic rings. The van der Waals surface area contributed by atoms with Gasteiger partial charge < -0.3 is 10.2 Å². The first kappa shape index (κ1) is 15.7. The molecule has 0 aliphatic carbocycles. The number of carbonyl (C=O) groups excluding carboxylic acids is 2. The van der Waals surface area contributed by atoms with Crippen LogP contribution in [-0.2, 0) is 21.4 Å². The zero-order valence-electron chi connectivity index (χ0n) is 13.6. The van der Waals surface area contributed by atoms with E-state index in [9.17, 15) is 9.59 Å². The molecule has 0 atom stereocenters. The number of amides is 2. The summed E-state index contributed by atoms with van der Waals surface area (Å²) in [7, 11) is 1.79. The Balaban J connectivity index is 1.72. The highest BCUT2D eigenvalue weighted by Gasteiger charge is 2.42. The molecule has 2 amide bonds. The second-order valence-electron chi connectivity index (χ2n) is 6.35. The quantitative estimate of drug-likeness (QED) is 0.933. The summed E-state index contributed by atoms with van der Waals surface area (Å²) in [5, 5.41) is 4.95. The van der Waals surface area contributed by atoms with E-state index in [4.69, 9.17) is 0 Å². The van der Waals surface area contributed by atoms with E-state index in [1.165, 1.54) is 4.88 Å². The maximum atomic E-state index is 12.3. The van der Waals surface area contributed by atoms with E-state index in [2.05, 4.69) is 5.32 Å². The van der Waals surface area contributed by atoms with Crippen molar-refractivity contribution < 1.29 is 9.59 Å². The number of hydrogen-bond acceptors (Lipinski definition) is 3. The van der Waals surface area contributed by atoms with Crippen LogP contribution in [0, 0.1) is 0 Å². The van der Waals surface area contributed by atoms with Gasteiger partial charge in [-0.1, -0.05) is 6.07 Å². The number of hydrogen-bond donors (Lipinski definition) is 1. The molecule has 23 heavy (non-hydrogen) atoms. The third-order valence-electron chi connectivity index (χ3n) is 4.33. The van der Waals surface area contributed by atoms with Crippen LogP contribution in [0.3, 0.4) is 0 Å². The Kier molecular flexibility index (Phi) is 3.98. The van der Waals surface area contributed by atoms with Gasteiger partial charge in [0.15, 0.2) is 0 Å². The van der Waals surface area contributed by atoms with Crippen LogP contribution < -0.4 is 10.2 Å². The zero-order valence-corrected chi connectivity index (χ0v) is 14.4. The van der Waals surface area contributed by atoms with Gasteiger partial charge >= 0.3 is 0 Å². The Hall–Kier alpha value is -2.14. The maximum absolute atomic E-state index is 12.3. The number of benzene rings is 1. The smallest absolute Gasteiger partial charge is 0.236 e. The summed E-state index contributed by atoms with van der Waals surface area (Å²) < 4.78 is 0. The Labute approximate surface area is 140 Å². The summed E-state index contributed by atoms with van der Waals surface area (Å²) in [5.74, 6) is 0.0718. The second-order valence-corrected chi connectivity index (χ2v) is 7.38. The molecular formula is C18H20N2O2S. The molecule has 0 spiro atoms. The lowest BCUT2D eigenvalue weighted by Gasteiger charge is -2.16. The van der Waals surface area contributed by atoms with Crippen molar-refractivity contribution in [3.05, 3.63) is 46.2 Å². The molecule has 1 aliphatic rings. The fourth-order valence-corrected chi connectivity index (χ4v) is 3.67. The lowest BCUT2D eigenvalue weighted by molar-refractivity contribution is -0.121. The van der Waals surface area contributed by atoms with Gasteiger partial charge in [0, 0.05) is 29.7 Å². The van der Waals surface area contributed by atoms with Gasteiger partial charge in [0.2, 0.25) is 11.8 Å². The minimum atomic E-state index is -0.554. The molecule has 120 valence electrons. The van der Waals surface area contributed by atoms with Gasteiger partial charge in [0.05, 0.1) is 5.41 Å². The van der Waals surface area contributed by atoms with E-state index in [-0.39, 0.29) is 11.8 Å². The number of anilines is 2. The Bertz CT molecular complexity index is 750. The number of nitrogens with one attached hydrogen (secondary N) is 1. The van der Waals surface area contributed by atoms with Crippen LogP contribution in [0.4, 0.5) is 11.4 Å². The molecule has 1 N–H and O–H groups in total. The molecule has 1 aromatic heterocycles. The molecule has 0 unspecified atom stereocenters. The van der Waals surface area contributed by atoms with Gasteiger partial charge in [-0.05, 0) is 55.5 Å². The Morgan fingerprint density at radius 1 is 1.30 bits per heavy atom. The van der Waals surface area contributed by atoms with Crippen molar-refractivity contribution in [1.82, 2.24) is 0 Å². The van der Waals surface area contributed by atoms with Crippen LogP contribution in [0.15, 0.2) is 35.7 Å². The zero-order chi connectivity index (χ0) is 16.6. The van der Waals surface area contributed by atoms with Crippen LogP contribution in [0.5, 0.6) is 0 Å². The molecule has 0 radical (unpaired) electrons. The minimum Gasteiger partial charge on any atom is -0.326 e. The minimum absolute atomic E-state index is 0.00571. The summed E-state index contributed by atoms with van der Waals surface area (Å²) in [6.07, 6.45) is 1.21. The fourth-order valence-electron chi connectivity index (χ4n) is 2.97. The third-order valence-corrected chi connectivity index (χ3v) is 5.27. The summed E-state index contributed by atoms with van der Waals surface area (Å²) in [4.78, 5) is 27.3. The van der Waals surface area contributed by atoms with Crippen LogP contribution >= 0.6 is 11.3 Å². The fraction of sp³-hybridized carbons (Fsp3) is 0.333. The molecule has 5 heteroatoms. The summed E-state index contributed by atoms with van der Waals surface area (Å²) in [6, 6.07) is 9.70. The van der Waals surface area contributed by atoms with Gasteiger partial charge in [-0.3, -0.25) is 9.59 Å². The number of carbonyl (C=O) groups is 2. The summed E-state index contributed by atoms with van der Waals surface area (Å²) >= 11 is 1.66. The van der Waals surface area contributed by atoms with Gasteiger partial charge in [-0.25, -0.2) is 0 Å². The molecule has 0 saturated carbocycles. The van der Waals surface area contributed by atoms with Crippen LogP contribution in [0.25, 0.3) is 0 Å². The first-order valence-electron chi connectivity index (χ1n) is 7.64. The van der Waals surface area contributed by atoms with E-state index in [0.717, 1.165) is 23.4 Å². The highest BCUT2D eigenvalue weighted by molar-refractivity contribution is 7.09.